The molecule has 0 aliphatic carbocycles. The zero-order valence-electron chi connectivity index (χ0n) is 15.7. The van der Waals surface area contributed by atoms with Crippen LogP contribution in [0.4, 0.5) is 0 Å². The van der Waals surface area contributed by atoms with E-state index >= 15 is 0 Å². The molecule has 8 nitrogen and oxygen atoms in total. The Kier molecular flexibility index (Phi) is 7.53. The van der Waals surface area contributed by atoms with Gasteiger partial charge in [0.2, 0.25) is 10.0 Å². The van der Waals surface area contributed by atoms with E-state index in [0.29, 0.717) is 18.8 Å². The summed E-state index contributed by atoms with van der Waals surface area (Å²) < 4.78 is 31.7. The van der Waals surface area contributed by atoms with E-state index in [0.717, 1.165) is 0 Å². The zero-order chi connectivity index (χ0) is 20.6. The second kappa shape index (κ2) is 9.86. The maximum atomic E-state index is 12.6. The molecule has 0 heterocycles. The molecule has 0 saturated carbocycles. The molecule has 0 bridgehead atoms. The van der Waals surface area contributed by atoms with Crippen LogP contribution in [0.15, 0.2) is 59.5 Å². The number of hydrogen-bond donors (Lipinski definition) is 2. The molecule has 2 amide bonds. The van der Waals surface area contributed by atoms with Gasteiger partial charge in [-0.1, -0.05) is 38.1 Å². The molecule has 0 aliphatic heterocycles. The molecule has 2 aromatic rings. The van der Waals surface area contributed by atoms with Crippen LogP contribution in [0.2, 0.25) is 0 Å². The second-order valence-electron chi connectivity index (χ2n) is 5.72. The van der Waals surface area contributed by atoms with E-state index in [9.17, 15) is 18.0 Å². The molecule has 2 rings (SSSR count). The smallest absolute Gasteiger partial charge is 0.276 e. The number of rotatable bonds is 8. The van der Waals surface area contributed by atoms with Gasteiger partial charge in [0, 0.05) is 18.7 Å². The van der Waals surface area contributed by atoms with Crippen LogP contribution in [-0.2, 0) is 14.8 Å². The lowest BCUT2D eigenvalue weighted by Gasteiger charge is -2.18. The third-order valence-corrected chi connectivity index (χ3v) is 5.91. The van der Waals surface area contributed by atoms with Crippen LogP contribution < -0.4 is 15.6 Å². The van der Waals surface area contributed by atoms with Crippen molar-refractivity contribution in [2.75, 3.05) is 19.7 Å². The minimum absolute atomic E-state index is 0.0163. The van der Waals surface area contributed by atoms with Crippen molar-refractivity contribution < 1.29 is 22.7 Å². The Bertz CT molecular complexity index is 912. The number of benzene rings is 2. The lowest BCUT2D eigenvalue weighted by atomic mass is 10.2. The predicted octanol–water partition coefficient (Wildman–Crippen LogP) is 1.56. The molecule has 0 aliphatic rings. The van der Waals surface area contributed by atoms with E-state index in [1.54, 1.807) is 38.1 Å². The summed E-state index contributed by atoms with van der Waals surface area (Å²) in [6.45, 7) is 3.86. The fourth-order valence-electron chi connectivity index (χ4n) is 2.41. The summed E-state index contributed by atoms with van der Waals surface area (Å²) >= 11 is 0. The number of ether oxygens (including phenoxy) is 1. The van der Waals surface area contributed by atoms with Crippen LogP contribution in [0, 0.1) is 0 Å². The number of hydrazine groups is 1. The maximum absolute atomic E-state index is 12.6. The highest BCUT2D eigenvalue weighted by Gasteiger charge is 2.22. The molecule has 28 heavy (non-hydrogen) atoms. The van der Waals surface area contributed by atoms with Gasteiger partial charge in [-0.15, -0.1) is 0 Å². The van der Waals surface area contributed by atoms with E-state index in [1.807, 2.05) is 6.07 Å². The van der Waals surface area contributed by atoms with Crippen LogP contribution in [-0.4, -0.2) is 44.2 Å². The summed E-state index contributed by atoms with van der Waals surface area (Å²) in [5, 5.41) is 0. The normalized spacial score (nSPS) is 11.1. The Morgan fingerprint density at radius 1 is 0.964 bits per heavy atom. The first-order valence-corrected chi connectivity index (χ1v) is 10.2. The van der Waals surface area contributed by atoms with E-state index in [-0.39, 0.29) is 17.1 Å². The number of amides is 2. The van der Waals surface area contributed by atoms with Crippen LogP contribution in [0.3, 0.4) is 0 Å². The van der Waals surface area contributed by atoms with Crippen molar-refractivity contribution in [2.24, 2.45) is 0 Å². The van der Waals surface area contributed by atoms with Crippen molar-refractivity contribution in [3.63, 3.8) is 0 Å². The maximum Gasteiger partial charge on any atom is 0.276 e. The number of sulfonamides is 1. The molecule has 2 N–H and O–H groups in total. The monoisotopic (exact) mass is 405 g/mol. The van der Waals surface area contributed by atoms with Crippen LogP contribution in [0.1, 0.15) is 24.2 Å². The molecule has 0 fully saturated rings. The molecule has 0 radical (unpaired) electrons. The van der Waals surface area contributed by atoms with Gasteiger partial charge >= 0.3 is 0 Å². The van der Waals surface area contributed by atoms with E-state index in [1.165, 1.54) is 28.6 Å². The minimum atomic E-state index is -3.68. The Morgan fingerprint density at radius 3 is 2.29 bits per heavy atom. The average molecular weight is 405 g/mol. The van der Waals surface area contributed by atoms with Crippen LogP contribution in [0.5, 0.6) is 5.75 Å². The second-order valence-corrected chi connectivity index (χ2v) is 7.66. The number of hydrogen-bond acceptors (Lipinski definition) is 5. The van der Waals surface area contributed by atoms with Crippen molar-refractivity contribution in [1.82, 2.24) is 15.2 Å². The lowest BCUT2D eigenvalue weighted by Crippen LogP contribution is -2.43. The van der Waals surface area contributed by atoms with E-state index in [2.05, 4.69) is 10.9 Å². The average Bonchev–Trinajstić information content (AvgIpc) is 2.72. The highest BCUT2D eigenvalue weighted by molar-refractivity contribution is 7.89. The zero-order valence-corrected chi connectivity index (χ0v) is 16.5. The lowest BCUT2D eigenvalue weighted by molar-refractivity contribution is -0.123. The Hall–Kier alpha value is -2.91. The van der Waals surface area contributed by atoms with Crippen molar-refractivity contribution in [3.05, 3.63) is 60.2 Å². The Balaban J connectivity index is 1.96. The molecule has 9 heteroatoms. The third kappa shape index (κ3) is 5.54. The largest absolute Gasteiger partial charge is 0.484 e. The molecule has 0 unspecified atom stereocenters. The summed E-state index contributed by atoms with van der Waals surface area (Å²) in [5.74, 6) is -0.660. The SMILES string of the molecule is CCN(CC)S(=O)(=O)c1cccc(C(=O)NNC(=O)COc2ccccc2)c1. The number of carbonyl (C=O) groups is 2. The summed E-state index contributed by atoms with van der Waals surface area (Å²) in [4.78, 5) is 24.0. The number of nitrogens with one attached hydrogen (secondary N) is 2. The van der Waals surface area contributed by atoms with Gasteiger partial charge < -0.3 is 4.74 Å². The van der Waals surface area contributed by atoms with Crippen molar-refractivity contribution in [1.29, 1.82) is 0 Å². The van der Waals surface area contributed by atoms with Gasteiger partial charge in [0.15, 0.2) is 6.61 Å². The van der Waals surface area contributed by atoms with Crippen LogP contribution in [0.25, 0.3) is 0 Å². The fourth-order valence-corrected chi connectivity index (χ4v) is 3.92. The summed E-state index contributed by atoms with van der Waals surface area (Å²) in [7, 11) is -3.68. The first kappa shape index (κ1) is 21.4. The van der Waals surface area contributed by atoms with Gasteiger partial charge in [0.05, 0.1) is 4.90 Å². The van der Waals surface area contributed by atoms with E-state index in [4.69, 9.17) is 4.74 Å². The van der Waals surface area contributed by atoms with Gasteiger partial charge in [-0.2, -0.15) is 4.31 Å². The molecule has 2 aromatic carbocycles. The standard InChI is InChI=1S/C19H23N3O5S/c1-3-22(4-2)28(25,26)17-12-8-9-15(13-17)19(24)21-20-18(23)14-27-16-10-6-5-7-11-16/h5-13H,3-4,14H2,1-2H3,(H,20,23)(H,21,24). The summed E-state index contributed by atoms with van der Waals surface area (Å²) in [5.41, 5.74) is 4.58. The fraction of sp³-hybridized carbons (Fsp3) is 0.263. The first-order chi connectivity index (χ1) is 13.4. The minimum Gasteiger partial charge on any atom is -0.484 e. The topological polar surface area (TPSA) is 105 Å². The summed E-state index contributed by atoms with van der Waals surface area (Å²) in [6, 6.07) is 14.4. The summed E-state index contributed by atoms with van der Waals surface area (Å²) in [6.07, 6.45) is 0. The first-order valence-electron chi connectivity index (χ1n) is 8.75. The number of carbonyl (C=O) groups excluding carboxylic acids is 2. The highest BCUT2D eigenvalue weighted by atomic mass is 32.2. The van der Waals surface area contributed by atoms with Gasteiger partial charge in [-0.25, -0.2) is 8.42 Å². The molecule has 0 spiro atoms. The molecular formula is C19H23N3O5S. The Labute approximate surface area is 164 Å². The number of para-hydroxylation sites is 1. The Morgan fingerprint density at radius 2 is 1.64 bits per heavy atom. The van der Waals surface area contributed by atoms with Crippen molar-refractivity contribution in [2.45, 2.75) is 18.7 Å². The van der Waals surface area contributed by atoms with Crippen molar-refractivity contribution in [3.8, 4) is 5.75 Å². The van der Waals surface area contributed by atoms with Crippen molar-refractivity contribution >= 4 is 21.8 Å². The third-order valence-electron chi connectivity index (χ3n) is 3.87. The predicted molar refractivity (Wildman–Crippen MR) is 104 cm³/mol. The molecule has 150 valence electrons. The highest BCUT2D eigenvalue weighted by Crippen LogP contribution is 2.17. The van der Waals surface area contributed by atoms with Gasteiger partial charge in [-0.3, -0.25) is 20.4 Å². The van der Waals surface area contributed by atoms with Gasteiger partial charge in [-0.05, 0) is 30.3 Å². The molecular weight excluding hydrogens is 382 g/mol. The van der Waals surface area contributed by atoms with E-state index < -0.39 is 21.8 Å². The number of nitrogens with zero attached hydrogens (tertiary/aromatic N) is 1. The molecule has 0 aromatic heterocycles. The van der Waals surface area contributed by atoms with Gasteiger partial charge in [0.25, 0.3) is 11.8 Å². The molecule has 0 atom stereocenters. The van der Waals surface area contributed by atoms with Gasteiger partial charge in [0.1, 0.15) is 5.75 Å². The van der Waals surface area contributed by atoms with Crippen LogP contribution >= 0.6 is 0 Å². The molecule has 0 saturated heterocycles. The quantitative estimate of drug-likeness (QED) is 0.649.